The van der Waals surface area contributed by atoms with E-state index in [1.165, 1.54) is 6.08 Å². The van der Waals surface area contributed by atoms with E-state index in [0.717, 1.165) is 6.42 Å². The molecular weight excluding hydrogens is 413 g/mol. The highest BCUT2D eigenvalue weighted by Gasteiger charge is 2.35. The van der Waals surface area contributed by atoms with Crippen LogP contribution in [0, 0.1) is 29.6 Å². The number of ether oxygens (including phenoxy) is 1. The van der Waals surface area contributed by atoms with Crippen molar-refractivity contribution in [3.05, 3.63) is 60.5 Å². The van der Waals surface area contributed by atoms with Gasteiger partial charge in [0.15, 0.2) is 6.29 Å². The van der Waals surface area contributed by atoms with Crippen LogP contribution in [-0.4, -0.2) is 17.5 Å². The van der Waals surface area contributed by atoms with Gasteiger partial charge < -0.3 is 9.84 Å². The number of hydrogen-bond donors (Lipinski definition) is 1. The van der Waals surface area contributed by atoms with Gasteiger partial charge in [0.25, 0.3) is 0 Å². The Bertz CT molecular complexity index is 746. The SMILES string of the molecule is C=CC[C@@H](/C(F)=C(/F)C[C@@H]1C=CC=CC1)C1CCC([C@@H](O)O[C@H]2C=C(F)[C@@H](C)CC2)CC1. The lowest BCUT2D eigenvalue weighted by atomic mass is 9.73. The minimum Gasteiger partial charge on any atom is -0.368 e. The van der Waals surface area contributed by atoms with Gasteiger partial charge in [0.2, 0.25) is 0 Å². The fourth-order valence-corrected chi connectivity index (χ4v) is 5.20. The Morgan fingerprint density at radius 2 is 1.88 bits per heavy atom. The highest BCUT2D eigenvalue weighted by molar-refractivity contribution is 5.15. The summed E-state index contributed by atoms with van der Waals surface area (Å²) in [7, 11) is 0. The molecule has 5 atom stereocenters. The summed E-state index contributed by atoms with van der Waals surface area (Å²) in [6, 6.07) is 0. The third-order valence-corrected chi connectivity index (χ3v) is 7.32. The Kier molecular flexibility index (Phi) is 9.42. The fourth-order valence-electron chi connectivity index (χ4n) is 5.20. The lowest BCUT2D eigenvalue weighted by molar-refractivity contribution is -0.165. The van der Waals surface area contributed by atoms with E-state index in [0.29, 0.717) is 44.9 Å². The van der Waals surface area contributed by atoms with Crippen LogP contribution in [0.5, 0.6) is 0 Å². The van der Waals surface area contributed by atoms with Gasteiger partial charge in [-0.2, -0.15) is 0 Å². The Labute approximate surface area is 190 Å². The summed E-state index contributed by atoms with van der Waals surface area (Å²) in [5.41, 5.74) is 0. The molecule has 0 amide bonds. The average molecular weight is 451 g/mol. The summed E-state index contributed by atoms with van der Waals surface area (Å²) in [6.45, 7) is 5.59. The van der Waals surface area contributed by atoms with Crippen molar-refractivity contribution in [1.29, 1.82) is 0 Å². The van der Waals surface area contributed by atoms with E-state index in [2.05, 4.69) is 6.58 Å². The van der Waals surface area contributed by atoms with E-state index >= 15 is 4.39 Å². The summed E-state index contributed by atoms with van der Waals surface area (Å²) in [5, 5.41) is 10.5. The molecule has 0 aromatic heterocycles. The van der Waals surface area contributed by atoms with Crippen LogP contribution < -0.4 is 0 Å². The van der Waals surface area contributed by atoms with E-state index in [-0.39, 0.29) is 35.9 Å². The van der Waals surface area contributed by atoms with Crippen molar-refractivity contribution in [3.63, 3.8) is 0 Å². The normalized spacial score (nSPS) is 33.3. The van der Waals surface area contributed by atoms with Gasteiger partial charge in [-0.25, -0.2) is 13.2 Å². The van der Waals surface area contributed by atoms with E-state index < -0.39 is 30.0 Å². The molecule has 0 aliphatic heterocycles. The van der Waals surface area contributed by atoms with Crippen molar-refractivity contribution < 1.29 is 23.0 Å². The standard InChI is InChI=1S/C27H37F3O2/c1-3-7-23(26(30)25(29)16-19-8-5-4-6-9-19)20-11-13-21(14-12-20)27(31)32-22-15-10-18(2)24(28)17-22/h3-6,8,17-23,27,31H,1,7,9-16H2,2H3/b26-25-/t18-,19+,20?,21?,22+,23+,27-/m0/s1. The Balaban J connectivity index is 1.55. The van der Waals surface area contributed by atoms with Gasteiger partial charge in [0.05, 0.1) is 6.10 Å². The molecule has 2 nitrogen and oxygen atoms in total. The molecule has 0 radical (unpaired) electrons. The van der Waals surface area contributed by atoms with Crippen molar-refractivity contribution in [2.75, 3.05) is 0 Å². The van der Waals surface area contributed by atoms with Crippen molar-refractivity contribution >= 4 is 0 Å². The smallest absolute Gasteiger partial charge is 0.158 e. The maximum Gasteiger partial charge on any atom is 0.158 e. The van der Waals surface area contributed by atoms with Crippen LogP contribution >= 0.6 is 0 Å². The maximum absolute atomic E-state index is 15.1. The molecule has 0 spiro atoms. The van der Waals surface area contributed by atoms with Gasteiger partial charge >= 0.3 is 0 Å². The van der Waals surface area contributed by atoms with Gasteiger partial charge in [-0.1, -0.05) is 37.3 Å². The van der Waals surface area contributed by atoms with Crippen LogP contribution in [0.25, 0.3) is 0 Å². The molecule has 1 N–H and O–H groups in total. The molecule has 3 aliphatic carbocycles. The van der Waals surface area contributed by atoms with Crippen LogP contribution in [0.3, 0.4) is 0 Å². The van der Waals surface area contributed by atoms with E-state index in [9.17, 15) is 13.9 Å². The summed E-state index contributed by atoms with van der Waals surface area (Å²) in [6.07, 6.45) is 14.9. The zero-order valence-electron chi connectivity index (χ0n) is 19.1. The third kappa shape index (κ3) is 6.71. The fraction of sp³-hybridized carbons (Fsp3) is 0.630. The molecule has 0 heterocycles. The summed E-state index contributed by atoms with van der Waals surface area (Å²) >= 11 is 0. The van der Waals surface area contributed by atoms with Crippen molar-refractivity contribution in [3.8, 4) is 0 Å². The minimum absolute atomic E-state index is 0.000163. The molecule has 178 valence electrons. The Morgan fingerprint density at radius 1 is 1.16 bits per heavy atom. The first-order valence-electron chi connectivity index (χ1n) is 12.1. The van der Waals surface area contributed by atoms with Crippen LogP contribution in [-0.2, 0) is 4.74 Å². The number of hydrogen-bond acceptors (Lipinski definition) is 2. The lowest BCUT2D eigenvalue weighted by Gasteiger charge is -2.36. The zero-order valence-corrected chi connectivity index (χ0v) is 19.1. The van der Waals surface area contributed by atoms with Crippen LogP contribution in [0.2, 0.25) is 0 Å². The number of allylic oxidation sites excluding steroid dienone is 8. The molecule has 0 bridgehead atoms. The second-order valence-corrected chi connectivity index (χ2v) is 9.67. The molecule has 32 heavy (non-hydrogen) atoms. The summed E-state index contributed by atoms with van der Waals surface area (Å²) in [5.74, 6) is -2.10. The molecule has 3 rings (SSSR count). The predicted molar refractivity (Wildman–Crippen MR) is 122 cm³/mol. The number of rotatable bonds is 9. The van der Waals surface area contributed by atoms with E-state index in [1.54, 1.807) is 6.08 Å². The molecule has 0 aromatic carbocycles. The third-order valence-electron chi connectivity index (χ3n) is 7.32. The van der Waals surface area contributed by atoms with E-state index in [4.69, 9.17) is 4.74 Å². The first-order chi connectivity index (χ1) is 15.4. The van der Waals surface area contributed by atoms with Gasteiger partial charge in [0, 0.05) is 24.2 Å². The molecule has 1 saturated carbocycles. The molecule has 1 fully saturated rings. The second kappa shape index (κ2) is 12.0. The van der Waals surface area contributed by atoms with Crippen molar-refractivity contribution in [1.82, 2.24) is 0 Å². The first kappa shape index (κ1) is 25.0. The van der Waals surface area contributed by atoms with Crippen LogP contribution in [0.4, 0.5) is 13.2 Å². The van der Waals surface area contributed by atoms with Gasteiger partial charge in [-0.15, -0.1) is 6.58 Å². The highest BCUT2D eigenvalue weighted by Crippen LogP contribution is 2.42. The topological polar surface area (TPSA) is 29.5 Å². The Hall–Kier alpha value is -1.59. The second-order valence-electron chi connectivity index (χ2n) is 9.67. The first-order valence-corrected chi connectivity index (χ1v) is 12.1. The van der Waals surface area contributed by atoms with Crippen LogP contribution in [0.1, 0.15) is 64.7 Å². The van der Waals surface area contributed by atoms with Crippen LogP contribution in [0.15, 0.2) is 60.5 Å². The van der Waals surface area contributed by atoms with Crippen molar-refractivity contribution in [2.24, 2.45) is 29.6 Å². The van der Waals surface area contributed by atoms with Gasteiger partial charge in [-0.3, -0.25) is 0 Å². The quantitative estimate of drug-likeness (QED) is 0.289. The molecular formula is C27H37F3O2. The largest absolute Gasteiger partial charge is 0.368 e. The Morgan fingerprint density at radius 3 is 2.50 bits per heavy atom. The summed E-state index contributed by atoms with van der Waals surface area (Å²) in [4.78, 5) is 0. The van der Waals surface area contributed by atoms with Crippen molar-refractivity contribution in [2.45, 2.75) is 77.1 Å². The predicted octanol–water partition coefficient (Wildman–Crippen LogP) is 7.65. The lowest BCUT2D eigenvalue weighted by Crippen LogP contribution is -2.33. The maximum atomic E-state index is 15.1. The number of aliphatic hydroxyl groups is 1. The molecule has 3 aliphatic rings. The van der Waals surface area contributed by atoms with Gasteiger partial charge in [-0.05, 0) is 69.3 Å². The average Bonchev–Trinajstić information content (AvgIpc) is 2.80. The molecule has 0 aromatic rings. The van der Waals surface area contributed by atoms with E-state index in [1.807, 2.05) is 31.2 Å². The number of halogens is 3. The number of aliphatic hydroxyl groups excluding tert-OH is 1. The monoisotopic (exact) mass is 450 g/mol. The zero-order chi connectivity index (χ0) is 23.1. The molecule has 0 saturated heterocycles. The molecule has 0 unspecified atom stereocenters. The highest BCUT2D eigenvalue weighted by atomic mass is 19.2. The van der Waals surface area contributed by atoms with Gasteiger partial charge in [0.1, 0.15) is 17.5 Å². The molecule has 5 heteroatoms. The summed E-state index contributed by atoms with van der Waals surface area (Å²) < 4.78 is 49.4. The minimum atomic E-state index is -0.959.